The molecule has 1 aliphatic carbocycles. The zero-order valence-corrected chi connectivity index (χ0v) is 13.7. The summed E-state index contributed by atoms with van der Waals surface area (Å²) in [5.41, 5.74) is 3.61. The highest BCUT2D eigenvalue weighted by Crippen LogP contribution is 2.33. The molecule has 122 valence electrons. The fourth-order valence-electron chi connectivity index (χ4n) is 3.30. The molecule has 0 spiro atoms. The van der Waals surface area contributed by atoms with Crippen molar-refractivity contribution < 1.29 is 9.59 Å². The molecule has 24 heavy (non-hydrogen) atoms. The van der Waals surface area contributed by atoms with E-state index in [0.29, 0.717) is 5.56 Å². The number of fused-ring (bicyclic) bond motifs is 1. The molecule has 1 atom stereocenters. The molecule has 2 aromatic rings. The summed E-state index contributed by atoms with van der Waals surface area (Å²) in [6.45, 7) is 2.07. The second kappa shape index (κ2) is 5.78. The lowest BCUT2D eigenvalue weighted by Crippen LogP contribution is -2.35. The van der Waals surface area contributed by atoms with E-state index in [1.54, 1.807) is 24.3 Å². The van der Waals surface area contributed by atoms with Gasteiger partial charge in [-0.2, -0.15) is 0 Å². The van der Waals surface area contributed by atoms with Crippen molar-refractivity contribution in [3.63, 3.8) is 0 Å². The fourth-order valence-corrected chi connectivity index (χ4v) is 3.30. The topological polar surface area (TPSA) is 49.4 Å². The number of hydrogen-bond donors (Lipinski definition) is 1. The van der Waals surface area contributed by atoms with Crippen LogP contribution in [0.2, 0.25) is 0 Å². The van der Waals surface area contributed by atoms with Crippen LogP contribution in [0.4, 0.5) is 11.4 Å². The Labute approximate surface area is 141 Å². The summed E-state index contributed by atoms with van der Waals surface area (Å²) in [5.74, 6) is 0.261. The number of nitrogens with one attached hydrogen (secondary N) is 1. The zero-order valence-electron chi connectivity index (χ0n) is 13.7. The Morgan fingerprint density at radius 2 is 1.75 bits per heavy atom. The van der Waals surface area contributed by atoms with E-state index in [0.717, 1.165) is 30.6 Å². The van der Waals surface area contributed by atoms with Crippen LogP contribution >= 0.6 is 0 Å². The third kappa shape index (κ3) is 2.68. The normalized spacial score (nSPS) is 19.0. The molecule has 0 saturated heterocycles. The molecule has 4 heteroatoms. The predicted molar refractivity (Wildman–Crippen MR) is 94.2 cm³/mol. The van der Waals surface area contributed by atoms with Gasteiger partial charge in [0.15, 0.2) is 0 Å². The van der Waals surface area contributed by atoms with E-state index in [1.807, 2.05) is 23.1 Å². The molecule has 2 aromatic carbocycles. The average Bonchev–Trinajstić information content (AvgIpc) is 3.37. The van der Waals surface area contributed by atoms with Gasteiger partial charge in [0.1, 0.15) is 0 Å². The molecule has 2 amide bonds. The van der Waals surface area contributed by atoms with Crippen LogP contribution in [0.15, 0.2) is 48.5 Å². The highest BCUT2D eigenvalue weighted by atomic mass is 16.2. The lowest BCUT2D eigenvalue weighted by Gasteiger charge is -2.23. The Morgan fingerprint density at radius 1 is 1.04 bits per heavy atom. The summed E-state index contributed by atoms with van der Waals surface area (Å²) in [7, 11) is 0. The Hall–Kier alpha value is -2.62. The first-order valence-electron chi connectivity index (χ1n) is 8.46. The lowest BCUT2D eigenvalue weighted by molar-refractivity contribution is -0.117. The van der Waals surface area contributed by atoms with Gasteiger partial charge in [0, 0.05) is 28.9 Å². The summed E-state index contributed by atoms with van der Waals surface area (Å²) >= 11 is 0. The summed E-state index contributed by atoms with van der Waals surface area (Å²) in [5, 5.41) is 2.90. The van der Waals surface area contributed by atoms with Gasteiger partial charge < -0.3 is 10.2 Å². The third-order valence-corrected chi connectivity index (χ3v) is 4.77. The number of rotatable bonds is 3. The van der Waals surface area contributed by atoms with E-state index in [1.165, 1.54) is 5.56 Å². The molecule has 1 saturated carbocycles. The van der Waals surface area contributed by atoms with E-state index >= 15 is 0 Å². The van der Waals surface area contributed by atoms with Crippen LogP contribution in [0.25, 0.3) is 0 Å². The van der Waals surface area contributed by atoms with E-state index in [-0.39, 0.29) is 23.8 Å². The number of para-hydroxylation sites is 1. The Balaban J connectivity index is 1.53. The van der Waals surface area contributed by atoms with Crippen molar-refractivity contribution in [3.05, 3.63) is 59.7 Å². The molecular weight excluding hydrogens is 300 g/mol. The van der Waals surface area contributed by atoms with Crippen molar-refractivity contribution in [2.45, 2.75) is 32.2 Å². The van der Waals surface area contributed by atoms with Crippen LogP contribution in [0.5, 0.6) is 0 Å². The van der Waals surface area contributed by atoms with Crippen LogP contribution < -0.4 is 10.2 Å². The van der Waals surface area contributed by atoms with Crippen molar-refractivity contribution in [2.75, 3.05) is 10.2 Å². The molecule has 1 heterocycles. The minimum atomic E-state index is 0.00696. The predicted octanol–water partition coefficient (Wildman–Crippen LogP) is 3.63. The first-order valence-corrected chi connectivity index (χ1v) is 8.46. The first-order chi connectivity index (χ1) is 11.6. The number of carbonyl (C=O) groups is 2. The van der Waals surface area contributed by atoms with E-state index in [4.69, 9.17) is 0 Å². The van der Waals surface area contributed by atoms with Gasteiger partial charge in [0.2, 0.25) is 5.91 Å². The number of benzene rings is 2. The minimum Gasteiger partial charge on any atom is -0.326 e. The SMILES string of the molecule is CC1Cc2ccccc2N1C(=O)c1ccc(NC(=O)C2CC2)cc1. The number of hydrogen-bond acceptors (Lipinski definition) is 2. The van der Waals surface area contributed by atoms with E-state index in [2.05, 4.69) is 18.3 Å². The number of amides is 2. The van der Waals surface area contributed by atoms with E-state index < -0.39 is 0 Å². The van der Waals surface area contributed by atoms with Gasteiger partial charge in [-0.3, -0.25) is 9.59 Å². The van der Waals surface area contributed by atoms with Gasteiger partial charge in [-0.1, -0.05) is 18.2 Å². The highest BCUT2D eigenvalue weighted by molar-refractivity contribution is 6.08. The number of anilines is 2. The van der Waals surface area contributed by atoms with Crippen molar-refractivity contribution in [2.24, 2.45) is 5.92 Å². The Bertz CT molecular complexity index is 794. The molecule has 0 bridgehead atoms. The zero-order chi connectivity index (χ0) is 16.7. The van der Waals surface area contributed by atoms with Crippen LogP contribution in [-0.2, 0) is 11.2 Å². The molecule has 1 N–H and O–H groups in total. The van der Waals surface area contributed by atoms with Crippen LogP contribution in [-0.4, -0.2) is 17.9 Å². The monoisotopic (exact) mass is 320 g/mol. The number of carbonyl (C=O) groups excluding carboxylic acids is 2. The van der Waals surface area contributed by atoms with Crippen LogP contribution in [0.1, 0.15) is 35.7 Å². The van der Waals surface area contributed by atoms with Gasteiger partial charge in [0.25, 0.3) is 5.91 Å². The Morgan fingerprint density at radius 3 is 2.46 bits per heavy atom. The summed E-state index contributed by atoms with van der Waals surface area (Å²) in [4.78, 5) is 26.6. The molecular formula is C20H20N2O2. The molecule has 2 aliphatic rings. The maximum Gasteiger partial charge on any atom is 0.258 e. The first kappa shape index (κ1) is 14.9. The lowest BCUT2D eigenvalue weighted by atomic mass is 10.1. The van der Waals surface area contributed by atoms with Crippen molar-refractivity contribution in [1.29, 1.82) is 0 Å². The standard InChI is InChI=1S/C20H20N2O2/c1-13-12-16-4-2-3-5-18(16)22(13)20(24)15-8-10-17(11-9-15)21-19(23)14-6-7-14/h2-5,8-11,13-14H,6-7,12H2,1H3,(H,21,23). The Kier molecular flexibility index (Phi) is 3.60. The van der Waals surface area contributed by atoms with Gasteiger partial charge in [0.05, 0.1) is 0 Å². The molecule has 4 nitrogen and oxygen atoms in total. The summed E-state index contributed by atoms with van der Waals surface area (Å²) in [6, 6.07) is 15.4. The second-order valence-electron chi connectivity index (χ2n) is 6.70. The largest absolute Gasteiger partial charge is 0.326 e. The molecule has 1 aliphatic heterocycles. The van der Waals surface area contributed by atoms with Gasteiger partial charge in [-0.15, -0.1) is 0 Å². The number of nitrogens with zero attached hydrogens (tertiary/aromatic N) is 1. The maximum atomic E-state index is 12.9. The average molecular weight is 320 g/mol. The van der Waals surface area contributed by atoms with Crippen LogP contribution in [0, 0.1) is 5.92 Å². The molecule has 0 radical (unpaired) electrons. The quantitative estimate of drug-likeness (QED) is 0.939. The molecule has 1 unspecified atom stereocenters. The fraction of sp³-hybridized carbons (Fsp3) is 0.300. The summed E-state index contributed by atoms with van der Waals surface area (Å²) < 4.78 is 0. The molecule has 1 fully saturated rings. The van der Waals surface area contributed by atoms with Gasteiger partial charge in [-0.05, 0) is 62.1 Å². The summed E-state index contributed by atoms with van der Waals surface area (Å²) in [6.07, 6.45) is 2.85. The minimum absolute atomic E-state index is 0.00696. The third-order valence-electron chi connectivity index (χ3n) is 4.77. The van der Waals surface area contributed by atoms with Crippen LogP contribution in [0.3, 0.4) is 0 Å². The maximum absolute atomic E-state index is 12.9. The van der Waals surface area contributed by atoms with Crippen molar-refractivity contribution in [3.8, 4) is 0 Å². The van der Waals surface area contributed by atoms with Crippen molar-refractivity contribution >= 4 is 23.2 Å². The van der Waals surface area contributed by atoms with Gasteiger partial charge in [-0.25, -0.2) is 0 Å². The molecule has 0 aromatic heterocycles. The highest BCUT2D eigenvalue weighted by Gasteiger charge is 2.31. The van der Waals surface area contributed by atoms with E-state index in [9.17, 15) is 9.59 Å². The second-order valence-corrected chi connectivity index (χ2v) is 6.70. The molecule has 4 rings (SSSR count). The van der Waals surface area contributed by atoms with Crippen molar-refractivity contribution in [1.82, 2.24) is 0 Å². The smallest absolute Gasteiger partial charge is 0.258 e. The van der Waals surface area contributed by atoms with Gasteiger partial charge >= 0.3 is 0 Å².